The molecule has 0 bridgehead atoms. The Morgan fingerprint density at radius 1 is 1.11 bits per heavy atom. The summed E-state index contributed by atoms with van der Waals surface area (Å²) in [7, 11) is 3.01. The van der Waals surface area contributed by atoms with Crippen LogP contribution in [0.1, 0.15) is 6.42 Å². The zero-order valence-corrected chi connectivity index (χ0v) is 15.3. The lowest BCUT2D eigenvalue weighted by Gasteiger charge is -2.19. The van der Waals surface area contributed by atoms with E-state index in [0.29, 0.717) is 23.3 Å². The number of carbonyl (C=O) groups is 2. The van der Waals surface area contributed by atoms with Crippen LogP contribution in [0, 0.1) is 11.6 Å². The van der Waals surface area contributed by atoms with Crippen LogP contribution >= 0.6 is 0 Å². The normalized spacial score (nSPS) is 16.1. The highest BCUT2D eigenvalue weighted by Crippen LogP contribution is 2.33. The van der Waals surface area contributed by atoms with Gasteiger partial charge in [-0.15, -0.1) is 0 Å². The Morgan fingerprint density at radius 3 is 2.54 bits per heavy atom. The molecule has 3 rings (SSSR count). The number of hydrogen-bond acceptors (Lipinski definition) is 4. The molecule has 1 aliphatic rings. The Balaban J connectivity index is 1.65. The van der Waals surface area contributed by atoms with Gasteiger partial charge in [0.1, 0.15) is 11.6 Å². The summed E-state index contributed by atoms with van der Waals surface area (Å²) in [5.74, 6) is -0.785. The van der Waals surface area contributed by atoms with E-state index in [1.807, 2.05) is 0 Å². The van der Waals surface area contributed by atoms with E-state index in [0.717, 1.165) is 12.1 Å². The van der Waals surface area contributed by atoms with Crippen LogP contribution in [0.25, 0.3) is 0 Å². The number of carbonyl (C=O) groups excluding carboxylic acids is 2. The van der Waals surface area contributed by atoms with Gasteiger partial charge in [0.25, 0.3) is 0 Å². The molecular weight excluding hydrogens is 372 g/mol. The lowest BCUT2D eigenvalue weighted by atomic mass is 10.2. The predicted molar refractivity (Wildman–Crippen MR) is 98.8 cm³/mol. The van der Waals surface area contributed by atoms with E-state index in [4.69, 9.17) is 9.47 Å². The van der Waals surface area contributed by atoms with E-state index in [9.17, 15) is 18.4 Å². The van der Waals surface area contributed by atoms with Crippen molar-refractivity contribution >= 4 is 23.3 Å². The summed E-state index contributed by atoms with van der Waals surface area (Å²) < 4.78 is 37.0. The molecule has 1 saturated heterocycles. The van der Waals surface area contributed by atoms with Crippen molar-refractivity contribution in [2.75, 3.05) is 31.0 Å². The van der Waals surface area contributed by atoms with Gasteiger partial charge in [0, 0.05) is 30.8 Å². The number of amides is 3. The van der Waals surface area contributed by atoms with Gasteiger partial charge in [-0.3, -0.25) is 4.79 Å². The van der Waals surface area contributed by atoms with Gasteiger partial charge in [-0.25, -0.2) is 13.6 Å². The molecule has 2 aromatic rings. The molecule has 3 amide bonds. The molecule has 9 heteroatoms. The molecule has 2 N–H and O–H groups in total. The molecule has 148 valence electrons. The number of anilines is 2. The summed E-state index contributed by atoms with van der Waals surface area (Å²) in [5.41, 5.74) is 0.455. The van der Waals surface area contributed by atoms with Gasteiger partial charge in [0.05, 0.1) is 25.9 Å². The minimum absolute atomic E-state index is 0.0909. The molecule has 7 nitrogen and oxygen atoms in total. The second kappa shape index (κ2) is 8.12. The highest BCUT2D eigenvalue weighted by Gasteiger charge is 2.32. The largest absolute Gasteiger partial charge is 0.493 e. The van der Waals surface area contributed by atoms with Crippen LogP contribution in [-0.2, 0) is 4.79 Å². The van der Waals surface area contributed by atoms with Crippen LogP contribution in [0.3, 0.4) is 0 Å². The molecular formula is C19H19F2N3O4. The van der Waals surface area contributed by atoms with Crippen molar-refractivity contribution in [3.8, 4) is 11.5 Å². The number of ether oxygens (including phenoxy) is 2. The molecule has 28 heavy (non-hydrogen) atoms. The monoisotopic (exact) mass is 391 g/mol. The van der Waals surface area contributed by atoms with Gasteiger partial charge in [0.2, 0.25) is 5.91 Å². The lowest BCUT2D eigenvalue weighted by molar-refractivity contribution is -0.117. The van der Waals surface area contributed by atoms with Gasteiger partial charge in [-0.05, 0) is 24.3 Å². The van der Waals surface area contributed by atoms with Crippen molar-refractivity contribution in [2.24, 2.45) is 0 Å². The van der Waals surface area contributed by atoms with Crippen molar-refractivity contribution in [3.63, 3.8) is 0 Å². The average Bonchev–Trinajstić information content (AvgIpc) is 3.03. The lowest BCUT2D eigenvalue weighted by Crippen LogP contribution is -2.39. The third-order valence-corrected chi connectivity index (χ3v) is 4.32. The summed E-state index contributed by atoms with van der Waals surface area (Å²) in [6.07, 6.45) is 0.0909. The van der Waals surface area contributed by atoms with Crippen molar-refractivity contribution < 1.29 is 27.8 Å². The highest BCUT2D eigenvalue weighted by atomic mass is 19.1. The van der Waals surface area contributed by atoms with Crippen LogP contribution in [0.2, 0.25) is 0 Å². The Morgan fingerprint density at radius 2 is 1.86 bits per heavy atom. The molecule has 1 heterocycles. The second-order valence-electron chi connectivity index (χ2n) is 6.17. The molecule has 1 fully saturated rings. The van der Waals surface area contributed by atoms with E-state index in [1.165, 1.54) is 19.1 Å². The number of nitrogens with one attached hydrogen (secondary N) is 2. The van der Waals surface area contributed by atoms with Crippen molar-refractivity contribution in [2.45, 2.75) is 12.5 Å². The molecule has 2 aromatic carbocycles. The van der Waals surface area contributed by atoms with Crippen molar-refractivity contribution in [1.29, 1.82) is 0 Å². The van der Waals surface area contributed by atoms with E-state index < -0.39 is 23.7 Å². The molecule has 1 aliphatic heterocycles. The number of benzene rings is 2. The van der Waals surface area contributed by atoms with Crippen LogP contribution in [0.5, 0.6) is 11.5 Å². The number of rotatable bonds is 5. The summed E-state index contributed by atoms with van der Waals surface area (Å²) in [6.45, 7) is 0.244. The molecule has 0 aliphatic carbocycles. The smallest absolute Gasteiger partial charge is 0.319 e. The first-order valence-electron chi connectivity index (χ1n) is 8.46. The minimum Gasteiger partial charge on any atom is -0.493 e. The fourth-order valence-corrected chi connectivity index (χ4v) is 2.98. The molecule has 0 saturated carbocycles. The van der Waals surface area contributed by atoms with Gasteiger partial charge in [-0.2, -0.15) is 0 Å². The van der Waals surface area contributed by atoms with Gasteiger partial charge < -0.3 is 25.0 Å². The number of methoxy groups -OCH3 is 2. The molecule has 0 spiro atoms. The Bertz CT molecular complexity index is 907. The van der Waals surface area contributed by atoms with Gasteiger partial charge >= 0.3 is 6.03 Å². The maximum atomic E-state index is 13.6. The zero-order valence-electron chi connectivity index (χ0n) is 15.3. The summed E-state index contributed by atoms with van der Waals surface area (Å²) >= 11 is 0. The maximum Gasteiger partial charge on any atom is 0.319 e. The van der Waals surface area contributed by atoms with Crippen LogP contribution in [0.4, 0.5) is 25.0 Å². The standard InChI is InChI=1S/C19H19F2N3O4/c1-27-16-6-4-13(9-17(16)28-2)24-10-12(8-18(24)25)22-19(26)23-15-5-3-11(20)7-14(15)21/h3-7,9,12H,8,10H2,1-2H3,(H2,22,23,26)/t12-/m1/s1. The van der Waals surface area contributed by atoms with Crippen LogP contribution in [-0.4, -0.2) is 38.7 Å². The molecule has 0 unspecified atom stereocenters. The average molecular weight is 391 g/mol. The molecule has 0 aromatic heterocycles. The first-order valence-corrected chi connectivity index (χ1v) is 8.46. The van der Waals surface area contributed by atoms with E-state index in [-0.39, 0.29) is 24.6 Å². The van der Waals surface area contributed by atoms with Gasteiger partial charge in [-0.1, -0.05) is 0 Å². The number of hydrogen-bond donors (Lipinski definition) is 2. The Hall–Kier alpha value is -3.36. The third-order valence-electron chi connectivity index (χ3n) is 4.32. The summed E-state index contributed by atoms with van der Waals surface area (Å²) in [4.78, 5) is 26.0. The van der Waals surface area contributed by atoms with Crippen LogP contribution in [0.15, 0.2) is 36.4 Å². The summed E-state index contributed by atoms with van der Waals surface area (Å²) in [5, 5.41) is 4.93. The Kier molecular flexibility index (Phi) is 5.62. The van der Waals surface area contributed by atoms with Gasteiger partial charge in [0.15, 0.2) is 11.5 Å². The van der Waals surface area contributed by atoms with E-state index in [2.05, 4.69) is 10.6 Å². The fraction of sp³-hybridized carbons (Fsp3) is 0.263. The quantitative estimate of drug-likeness (QED) is 0.822. The minimum atomic E-state index is -0.885. The fourth-order valence-electron chi connectivity index (χ4n) is 2.98. The number of urea groups is 1. The second-order valence-corrected chi connectivity index (χ2v) is 6.17. The third kappa shape index (κ3) is 4.13. The number of nitrogens with zero attached hydrogens (tertiary/aromatic N) is 1. The first-order chi connectivity index (χ1) is 13.4. The molecule has 0 radical (unpaired) electrons. The Labute approximate surface area is 160 Å². The highest BCUT2D eigenvalue weighted by molar-refractivity contribution is 5.98. The zero-order chi connectivity index (χ0) is 20.3. The van der Waals surface area contributed by atoms with E-state index >= 15 is 0 Å². The predicted octanol–water partition coefficient (Wildman–Crippen LogP) is 2.91. The maximum absolute atomic E-state index is 13.6. The molecule has 1 atom stereocenters. The van der Waals surface area contributed by atoms with E-state index in [1.54, 1.807) is 18.2 Å². The van der Waals surface area contributed by atoms with Crippen molar-refractivity contribution in [1.82, 2.24) is 5.32 Å². The summed E-state index contributed by atoms with van der Waals surface area (Å²) in [6, 6.07) is 6.76. The van der Waals surface area contributed by atoms with Crippen molar-refractivity contribution in [3.05, 3.63) is 48.0 Å². The number of halogens is 2. The van der Waals surface area contributed by atoms with Crippen LogP contribution < -0.4 is 25.0 Å². The SMILES string of the molecule is COc1ccc(N2C[C@H](NC(=O)Nc3ccc(F)cc3F)CC2=O)cc1OC. The topological polar surface area (TPSA) is 79.9 Å². The first kappa shape index (κ1) is 19.4.